The number of nitrogens with zero attached hydrogens (tertiary/aromatic N) is 6. The van der Waals surface area contributed by atoms with Crippen molar-refractivity contribution in [3.63, 3.8) is 0 Å². The standard InChI is InChI=1S/C15H19ClN6O/c1-5-21-10(3)12(8-17-21)15-19-18-13(23-15)6-7-22-11(4)14(16)9(2)20-22/h8H,5-7H2,1-4H3. The lowest BCUT2D eigenvalue weighted by Gasteiger charge is -2.01. The minimum absolute atomic E-state index is 0.503. The topological polar surface area (TPSA) is 74.6 Å². The molecule has 3 heterocycles. The van der Waals surface area contributed by atoms with E-state index in [-0.39, 0.29) is 0 Å². The Bertz CT molecular complexity index is 831. The lowest BCUT2D eigenvalue weighted by atomic mass is 10.2. The maximum absolute atomic E-state index is 6.15. The summed E-state index contributed by atoms with van der Waals surface area (Å²) in [6.07, 6.45) is 2.36. The van der Waals surface area contributed by atoms with Gasteiger partial charge in [-0.3, -0.25) is 9.36 Å². The summed E-state index contributed by atoms with van der Waals surface area (Å²) in [7, 11) is 0. The fourth-order valence-corrected chi connectivity index (χ4v) is 2.67. The third-order valence-corrected chi connectivity index (χ3v) is 4.48. The van der Waals surface area contributed by atoms with Crippen molar-refractivity contribution in [2.24, 2.45) is 0 Å². The van der Waals surface area contributed by atoms with Gasteiger partial charge in [-0.05, 0) is 27.7 Å². The van der Waals surface area contributed by atoms with Gasteiger partial charge in [0, 0.05) is 25.2 Å². The minimum Gasteiger partial charge on any atom is -0.421 e. The molecule has 0 radical (unpaired) electrons. The Balaban J connectivity index is 1.74. The van der Waals surface area contributed by atoms with Gasteiger partial charge in [-0.15, -0.1) is 10.2 Å². The molecule has 0 unspecified atom stereocenters. The third kappa shape index (κ3) is 2.88. The van der Waals surface area contributed by atoms with E-state index in [2.05, 4.69) is 20.4 Å². The van der Waals surface area contributed by atoms with Crippen LogP contribution in [0.15, 0.2) is 10.6 Å². The second-order valence-electron chi connectivity index (χ2n) is 5.42. The second kappa shape index (κ2) is 6.16. The lowest BCUT2D eigenvalue weighted by molar-refractivity contribution is 0.471. The summed E-state index contributed by atoms with van der Waals surface area (Å²) < 4.78 is 9.52. The number of rotatable bonds is 5. The van der Waals surface area contributed by atoms with Crippen molar-refractivity contribution in [1.29, 1.82) is 0 Å². The van der Waals surface area contributed by atoms with Gasteiger partial charge in [-0.1, -0.05) is 11.6 Å². The molecule has 3 aromatic heterocycles. The second-order valence-corrected chi connectivity index (χ2v) is 5.80. The molecular formula is C15H19ClN6O. The van der Waals surface area contributed by atoms with E-state index in [1.807, 2.05) is 37.1 Å². The van der Waals surface area contributed by atoms with E-state index < -0.39 is 0 Å². The molecule has 0 atom stereocenters. The highest BCUT2D eigenvalue weighted by atomic mass is 35.5. The van der Waals surface area contributed by atoms with Crippen LogP contribution in [0.25, 0.3) is 11.5 Å². The highest BCUT2D eigenvalue weighted by Gasteiger charge is 2.15. The Morgan fingerprint density at radius 2 is 1.91 bits per heavy atom. The van der Waals surface area contributed by atoms with Gasteiger partial charge in [0.1, 0.15) is 0 Å². The molecule has 23 heavy (non-hydrogen) atoms. The van der Waals surface area contributed by atoms with Gasteiger partial charge in [0.2, 0.25) is 5.89 Å². The molecule has 0 N–H and O–H groups in total. The first-order valence-electron chi connectivity index (χ1n) is 7.56. The maximum atomic E-state index is 6.15. The summed E-state index contributed by atoms with van der Waals surface area (Å²) in [6, 6.07) is 0. The molecule has 0 bridgehead atoms. The van der Waals surface area contributed by atoms with Crippen LogP contribution in [0, 0.1) is 20.8 Å². The van der Waals surface area contributed by atoms with E-state index in [0.29, 0.717) is 29.8 Å². The van der Waals surface area contributed by atoms with E-state index in [9.17, 15) is 0 Å². The summed E-state index contributed by atoms with van der Waals surface area (Å²) in [6.45, 7) is 9.34. The van der Waals surface area contributed by atoms with Crippen molar-refractivity contribution in [1.82, 2.24) is 29.8 Å². The van der Waals surface area contributed by atoms with Crippen LogP contribution in [-0.2, 0) is 19.5 Å². The van der Waals surface area contributed by atoms with Crippen molar-refractivity contribution in [3.05, 3.63) is 34.2 Å². The molecule has 0 amide bonds. The van der Waals surface area contributed by atoms with Gasteiger partial charge in [0.15, 0.2) is 0 Å². The molecule has 0 aliphatic carbocycles. The first kappa shape index (κ1) is 15.7. The smallest absolute Gasteiger partial charge is 0.251 e. The van der Waals surface area contributed by atoms with E-state index in [0.717, 1.165) is 29.2 Å². The average molecular weight is 335 g/mol. The summed E-state index contributed by atoms with van der Waals surface area (Å²) in [4.78, 5) is 0. The van der Waals surface area contributed by atoms with Crippen molar-refractivity contribution < 1.29 is 4.42 Å². The number of aromatic nitrogens is 6. The van der Waals surface area contributed by atoms with Crippen LogP contribution in [0.5, 0.6) is 0 Å². The maximum Gasteiger partial charge on any atom is 0.251 e. The van der Waals surface area contributed by atoms with Crippen LogP contribution in [-0.4, -0.2) is 29.8 Å². The Morgan fingerprint density at radius 1 is 1.13 bits per heavy atom. The zero-order chi connectivity index (χ0) is 16.6. The van der Waals surface area contributed by atoms with Gasteiger partial charge < -0.3 is 4.42 Å². The molecule has 122 valence electrons. The molecular weight excluding hydrogens is 316 g/mol. The molecule has 0 aliphatic heterocycles. The van der Waals surface area contributed by atoms with Crippen LogP contribution >= 0.6 is 11.6 Å². The highest BCUT2D eigenvalue weighted by Crippen LogP contribution is 2.22. The normalized spacial score (nSPS) is 11.3. The molecule has 3 rings (SSSR count). The van der Waals surface area contributed by atoms with Crippen LogP contribution in [0.3, 0.4) is 0 Å². The first-order chi connectivity index (χ1) is 11.0. The SMILES string of the molecule is CCn1ncc(-c2nnc(CCn3nc(C)c(Cl)c3C)o2)c1C. The van der Waals surface area contributed by atoms with E-state index >= 15 is 0 Å². The van der Waals surface area contributed by atoms with Crippen LogP contribution < -0.4 is 0 Å². The predicted molar refractivity (Wildman–Crippen MR) is 86.3 cm³/mol. The largest absolute Gasteiger partial charge is 0.421 e. The average Bonchev–Trinajstić information content (AvgIpc) is 3.20. The van der Waals surface area contributed by atoms with Crippen molar-refractivity contribution in [2.45, 2.75) is 47.2 Å². The van der Waals surface area contributed by atoms with Gasteiger partial charge in [0.05, 0.1) is 28.2 Å². The monoisotopic (exact) mass is 334 g/mol. The molecule has 8 heteroatoms. The van der Waals surface area contributed by atoms with E-state index in [4.69, 9.17) is 16.0 Å². The Morgan fingerprint density at radius 3 is 2.52 bits per heavy atom. The van der Waals surface area contributed by atoms with Gasteiger partial charge in [-0.25, -0.2) is 0 Å². The predicted octanol–water partition coefficient (Wildman–Crippen LogP) is 2.97. The molecule has 0 saturated heterocycles. The molecule has 3 aromatic rings. The lowest BCUT2D eigenvalue weighted by Crippen LogP contribution is -2.05. The summed E-state index contributed by atoms with van der Waals surface area (Å²) in [5, 5.41) is 17.6. The highest BCUT2D eigenvalue weighted by molar-refractivity contribution is 6.31. The summed E-state index contributed by atoms with van der Waals surface area (Å²) in [5.41, 5.74) is 3.68. The van der Waals surface area contributed by atoms with Crippen LogP contribution in [0.1, 0.15) is 29.9 Å². The quantitative estimate of drug-likeness (QED) is 0.717. The number of hydrogen-bond acceptors (Lipinski definition) is 5. The number of hydrogen-bond donors (Lipinski definition) is 0. The molecule has 0 fully saturated rings. The van der Waals surface area contributed by atoms with E-state index in [1.54, 1.807) is 6.20 Å². The zero-order valence-corrected chi connectivity index (χ0v) is 14.4. The third-order valence-electron chi connectivity index (χ3n) is 3.93. The van der Waals surface area contributed by atoms with Crippen LogP contribution in [0.4, 0.5) is 0 Å². The Kier molecular flexibility index (Phi) is 4.21. The summed E-state index contributed by atoms with van der Waals surface area (Å²) in [5.74, 6) is 1.08. The van der Waals surface area contributed by atoms with Crippen molar-refractivity contribution in [2.75, 3.05) is 0 Å². The first-order valence-corrected chi connectivity index (χ1v) is 7.93. The molecule has 0 saturated carbocycles. The fraction of sp³-hybridized carbons (Fsp3) is 0.467. The van der Waals surface area contributed by atoms with Gasteiger partial charge >= 0.3 is 0 Å². The zero-order valence-electron chi connectivity index (χ0n) is 13.7. The van der Waals surface area contributed by atoms with Crippen LogP contribution in [0.2, 0.25) is 5.02 Å². The van der Waals surface area contributed by atoms with Crippen molar-refractivity contribution in [3.8, 4) is 11.5 Å². The number of aryl methyl sites for hydroxylation is 4. The molecule has 0 spiro atoms. The van der Waals surface area contributed by atoms with E-state index in [1.165, 1.54) is 0 Å². The Hall–Kier alpha value is -2.15. The van der Waals surface area contributed by atoms with Crippen molar-refractivity contribution >= 4 is 11.6 Å². The summed E-state index contributed by atoms with van der Waals surface area (Å²) >= 11 is 6.15. The fourth-order valence-electron chi connectivity index (χ4n) is 2.53. The molecule has 7 nitrogen and oxygen atoms in total. The minimum atomic E-state index is 0.503. The molecule has 0 aliphatic rings. The van der Waals surface area contributed by atoms with Gasteiger partial charge in [0.25, 0.3) is 5.89 Å². The van der Waals surface area contributed by atoms with Gasteiger partial charge in [-0.2, -0.15) is 10.2 Å². The molecule has 0 aromatic carbocycles. The Labute approximate surface area is 139 Å². The number of halogens is 1.